The summed E-state index contributed by atoms with van der Waals surface area (Å²) in [4.78, 5) is 4.75. The Morgan fingerprint density at radius 2 is 2.14 bits per heavy atom. The average Bonchev–Trinajstić information content (AvgIpc) is 2.93. The van der Waals surface area contributed by atoms with Crippen LogP contribution in [0.1, 0.15) is 42.4 Å². The molecule has 0 amide bonds. The van der Waals surface area contributed by atoms with Crippen molar-refractivity contribution in [1.29, 1.82) is 0 Å². The maximum absolute atomic E-state index is 5.95. The Labute approximate surface area is 84.3 Å². The van der Waals surface area contributed by atoms with Crippen LogP contribution >= 0.6 is 0 Å². The third-order valence-corrected chi connectivity index (χ3v) is 3.47. The van der Waals surface area contributed by atoms with E-state index < -0.39 is 0 Å². The summed E-state index contributed by atoms with van der Waals surface area (Å²) in [5, 5.41) is 0. The van der Waals surface area contributed by atoms with E-state index in [1.807, 2.05) is 0 Å². The highest BCUT2D eigenvalue weighted by atomic mass is 15.1. The Morgan fingerprint density at radius 1 is 1.36 bits per heavy atom. The summed E-state index contributed by atoms with van der Waals surface area (Å²) in [6, 6.07) is 0.330. The van der Waals surface area contributed by atoms with Gasteiger partial charge >= 0.3 is 0 Å². The van der Waals surface area contributed by atoms with Crippen molar-refractivity contribution in [2.24, 2.45) is 5.73 Å². The first kappa shape index (κ1) is 8.48. The van der Waals surface area contributed by atoms with Gasteiger partial charge in [0.2, 0.25) is 0 Å². The lowest BCUT2D eigenvalue weighted by Gasteiger charge is -2.20. The fraction of sp³-hybridized carbons (Fsp3) is 0.727. The monoisotopic (exact) mass is 191 g/mol. The number of hydrogen-bond donors (Lipinski definition) is 1. The second-order valence-corrected chi connectivity index (χ2v) is 4.68. The number of hydrogen-bond acceptors (Lipinski definition) is 2. The van der Waals surface area contributed by atoms with Crippen LogP contribution in [0.25, 0.3) is 0 Å². The molecule has 0 saturated heterocycles. The lowest BCUT2D eigenvalue weighted by molar-refractivity contribution is 0.458. The van der Waals surface area contributed by atoms with Gasteiger partial charge in [-0.05, 0) is 26.2 Å². The third-order valence-electron chi connectivity index (χ3n) is 3.47. The molecule has 3 rings (SSSR count). The van der Waals surface area contributed by atoms with E-state index in [-0.39, 0.29) is 0 Å². The number of rotatable bonds is 1. The number of nitrogens with zero attached hydrogens (tertiary/aromatic N) is 2. The molecule has 2 N–H and O–H groups in total. The standard InChI is InChI=1S/C11H17N3/c1-7-11(8-2-3-8)13-10-6-9(12)4-5-14(7)10/h8-9H,2-6,12H2,1H3. The Kier molecular flexibility index (Phi) is 1.71. The van der Waals surface area contributed by atoms with Crippen molar-refractivity contribution in [3.05, 3.63) is 17.2 Å². The molecule has 0 bridgehead atoms. The van der Waals surface area contributed by atoms with Gasteiger partial charge in [0, 0.05) is 30.6 Å². The maximum Gasteiger partial charge on any atom is 0.110 e. The van der Waals surface area contributed by atoms with Crippen molar-refractivity contribution in [2.45, 2.75) is 51.1 Å². The van der Waals surface area contributed by atoms with Crippen molar-refractivity contribution in [3.63, 3.8) is 0 Å². The van der Waals surface area contributed by atoms with Gasteiger partial charge in [-0.2, -0.15) is 0 Å². The summed E-state index contributed by atoms with van der Waals surface area (Å²) in [6.45, 7) is 3.28. The Bertz CT molecular complexity index is 363. The molecule has 0 spiro atoms. The van der Waals surface area contributed by atoms with Gasteiger partial charge in [-0.1, -0.05) is 0 Å². The van der Waals surface area contributed by atoms with Gasteiger partial charge in [-0.3, -0.25) is 0 Å². The predicted molar refractivity (Wildman–Crippen MR) is 55.2 cm³/mol. The molecular formula is C11H17N3. The molecule has 2 aliphatic rings. The van der Waals surface area contributed by atoms with Gasteiger partial charge < -0.3 is 10.3 Å². The van der Waals surface area contributed by atoms with Crippen LogP contribution in [0.4, 0.5) is 0 Å². The number of fused-ring (bicyclic) bond motifs is 1. The molecule has 0 radical (unpaired) electrons. The van der Waals surface area contributed by atoms with Crippen molar-refractivity contribution in [2.75, 3.05) is 0 Å². The van der Waals surface area contributed by atoms with E-state index in [4.69, 9.17) is 10.7 Å². The summed E-state index contributed by atoms with van der Waals surface area (Å²) in [5.41, 5.74) is 8.70. The zero-order valence-electron chi connectivity index (χ0n) is 8.66. The van der Waals surface area contributed by atoms with Crippen LogP contribution in [0.15, 0.2) is 0 Å². The normalized spacial score (nSPS) is 26.3. The van der Waals surface area contributed by atoms with E-state index in [1.165, 1.54) is 30.1 Å². The maximum atomic E-state index is 5.95. The summed E-state index contributed by atoms with van der Waals surface area (Å²) in [5.74, 6) is 1.99. The predicted octanol–water partition coefficient (Wildman–Crippen LogP) is 1.34. The molecule has 3 nitrogen and oxygen atoms in total. The molecule has 76 valence electrons. The van der Waals surface area contributed by atoms with Gasteiger partial charge in [-0.25, -0.2) is 4.98 Å². The summed E-state index contributed by atoms with van der Waals surface area (Å²) in [7, 11) is 0. The van der Waals surface area contributed by atoms with E-state index in [0.717, 1.165) is 25.3 Å². The lowest BCUT2D eigenvalue weighted by Crippen LogP contribution is -2.31. The van der Waals surface area contributed by atoms with Crippen LogP contribution < -0.4 is 5.73 Å². The van der Waals surface area contributed by atoms with Crippen LogP contribution in [-0.4, -0.2) is 15.6 Å². The van der Waals surface area contributed by atoms with Crippen molar-refractivity contribution < 1.29 is 0 Å². The lowest BCUT2D eigenvalue weighted by atomic mass is 10.1. The Balaban J connectivity index is 2.01. The summed E-state index contributed by atoms with van der Waals surface area (Å²) < 4.78 is 2.37. The smallest absolute Gasteiger partial charge is 0.110 e. The minimum atomic E-state index is 0.330. The van der Waals surface area contributed by atoms with Crippen LogP contribution in [0, 0.1) is 6.92 Å². The summed E-state index contributed by atoms with van der Waals surface area (Å²) in [6.07, 6.45) is 4.74. The molecule has 1 aromatic rings. The minimum absolute atomic E-state index is 0.330. The summed E-state index contributed by atoms with van der Waals surface area (Å²) >= 11 is 0. The first-order valence-corrected chi connectivity index (χ1v) is 5.57. The zero-order valence-corrected chi connectivity index (χ0v) is 8.66. The van der Waals surface area contributed by atoms with Crippen LogP contribution in [-0.2, 0) is 13.0 Å². The van der Waals surface area contributed by atoms with Crippen LogP contribution in [0.2, 0.25) is 0 Å². The second-order valence-electron chi connectivity index (χ2n) is 4.68. The van der Waals surface area contributed by atoms with Gasteiger partial charge in [-0.15, -0.1) is 0 Å². The molecule has 1 atom stereocenters. The fourth-order valence-corrected chi connectivity index (χ4v) is 2.44. The number of imidazole rings is 1. The highest BCUT2D eigenvalue weighted by molar-refractivity contribution is 5.25. The first-order valence-electron chi connectivity index (χ1n) is 5.57. The number of aromatic nitrogens is 2. The largest absolute Gasteiger partial charge is 0.332 e. The molecule has 1 aliphatic carbocycles. The van der Waals surface area contributed by atoms with Gasteiger partial charge in [0.1, 0.15) is 5.82 Å². The Morgan fingerprint density at radius 3 is 2.86 bits per heavy atom. The molecular weight excluding hydrogens is 174 g/mol. The molecule has 1 fully saturated rings. The second kappa shape index (κ2) is 2.83. The van der Waals surface area contributed by atoms with Crippen molar-refractivity contribution in [3.8, 4) is 0 Å². The highest BCUT2D eigenvalue weighted by Gasteiger charge is 2.31. The van der Waals surface area contributed by atoms with Crippen LogP contribution in [0.5, 0.6) is 0 Å². The van der Waals surface area contributed by atoms with E-state index in [1.54, 1.807) is 0 Å². The van der Waals surface area contributed by atoms with E-state index >= 15 is 0 Å². The molecule has 0 aromatic carbocycles. The number of nitrogens with two attached hydrogens (primary N) is 1. The van der Waals surface area contributed by atoms with E-state index in [0.29, 0.717) is 6.04 Å². The average molecular weight is 191 g/mol. The quantitative estimate of drug-likeness (QED) is 0.728. The fourth-order valence-electron chi connectivity index (χ4n) is 2.44. The van der Waals surface area contributed by atoms with Gasteiger partial charge in [0.05, 0.1) is 5.69 Å². The molecule has 1 saturated carbocycles. The molecule has 2 heterocycles. The Hall–Kier alpha value is -0.830. The van der Waals surface area contributed by atoms with Gasteiger partial charge in [0.15, 0.2) is 0 Å². The molecule has 1 aliphatic heterocycles. The van der Waals surface area contributed by atoms with Crippen LogP contribution in [0.3, 0.4) is 0 Å². The van der Waals surface area contributed by atoms with Gasteiger partial charge in [0.25, 0.3) is 0 Å². The molecule has 1 aromatic heterocycles. The molecule has 3 heteroatoms. The van der Waals surface area contributed by atoms with E-state index in [2.05, 4.69) is 11.5 Å². The topological polar surface area (TPSA) is 43.8 Å². The zero-order chi connectivity index (χ0) is 9.71. The van der Waals surface area contributed by atoms with E-state index in [9.17, 15) is 0 Å². The molecule has 1 unspecified atom stereocenters. The third kappa shape index (κ3) is 1.19. The minimum Gasteiger partial charge on any atom is -0.332 e. The highest BCUT2D eigenvalue weighted by Crippen LogP contribution is 2.41. The van der Waals surface area contributed by atoms with Crippen molar-refractivity contribution >= 4 is 0 Å². The van der Waals surface area contributed by atoms with Crippen molar-refractivity contribution in [1.82, 2.24) is 9.55 Å². The SMILES string of the molecule is Cc1c(C2CC2)nc2n1CCC(N)C2. The first-order chi connectivity index (χ1) is 6.75. The molecule has 14 heavy (non-hydrogen) atoms.